The lowest BCUT2D eigenvalue weighted by atomic mass is 9.88. The van der Waals surface area contributed by atoms with Crippen LogP contribution < -0.4 is 11.1 Å². The number of benzene rings is 1. The maximum atomic E-state index is 13.9. The standard InChI is InChI=1S/C19H18F2N4O/c20-12-8-9-23-18(10-12)19(26)25-16-7-3-6-15(13(16)11-22)24-17-5-2-1-4-14(17)21/h1-2,4-5,8-11,16H,3,6-7,22H2,(H,25,26). The fourth-order valence-corrected chi connectivity index (χ4v) is 2.91. The van der Waals surface area contributed by atoms with E-state index in [9.17, 15) is 13.6 Å². The summed E-state index contributed by atoms with van der Waals surface area (Å²) in [7, 11) is 0. The topological polar surface area (TPSA) is 80.4 Å². The van der Waals surface area contributed by atoms with Gasteiger partial charge in [-0.1, -0.05) is 12.1 Å². The second kappa shape index (κ2) is 7.86. The average molecular weight is 356 g/mol. The Balaban J connectivity index is 1.82. The summed E-state index contributed by atoms with van der Waals surface area (Å²) in [4.78, 5) is 20.6. The summed E-state index contributed by atoms with van der Waals surface area (Å²) in [6.45, 7) is 0. The van der Waals surface area contributed by atoms with Crippen molar-refractivity contribution in [3.05, 3.63) is 71.7 Å². The van der Waals surface area contributed by atoms with Gasteiger partial charge in [0.05, 0.1) is 11.7 Å². The molecule has 1 aromatic heterocycles. The van der Waals surface area contributed by atoms with Crippen LogP contribution in [-0.4, -0.2) is 22.6 Å². The van der Waals surface area contributed by atoms with Gasteiger partial charge in [0.25, 0.3) is 5.91 Å². The van der Waals surface area contributed by atoms with E-state index in [0.29, 0.717) is 24.1 Å². The Hall–Kier alpha value is -3.09. The molecule has 1 heterocycles. The highest BCUT2D eigenvalue weighted by Crippen LogP contribution is 2.26. The molecular weight excluding hydrogens is 338 g/mol. The Labute approximate surface area is 149 Å². The summed E-state index contributed by atoms with van der Waals surface area (Å²) in [6, 6.07) is 8.05. The van der Waals surface area contributed by atoms with Crippen LogP contribution >= 0.6 is 0 Å². The molecule has 1 fully saturated rings. The smallest absolute Gasteiger partial charge is 0.270 e. The van der Waals surface area contributed by atoms with Gasteiger partial charge in [0.15, 0.2) is 0 Å². The van der Waals surface area contributed by atoms with Crippen molar-refractivity contribution in [1.29, 1.82) is 0 Å². The van der Waals surface area contributed by atoms with Crippen LogP contribution in [0.3, 0.4) is 0 Å². The van der Waals surface area contributed by atoms with Crippen molar-refractivity contribution in [2.45, 2.75) is 25.3 Å². The van der Waals surface area contributed by atoms with Crippen molar-refractivity contribution in [1.82, 2.24) is 10.3 Å². The van der Waals surface area contributed by atoms with Crippen LogP contribution in [0, 0.1) is 11.6 Å². The first-order valence-corrected chi connectivity index (χ1v) is 8.25. The van der Waals surface area contributed by atoms with E-state index < -0.39 is 23.6 Å². The molecule has 1 aromatic carbocycles. The van der Waals surface area contributed by atoms with Crippen molar-refractivity contribution in [2.24, 2.45) is 10.7 Å². The van der Waals surface area contributed by atoms with Crippen LogP contribution in [0.1, 0.15) is 29.8 Å². The molecule has 0 bridgehead atoms. The summed E-state index contributed by atoms with van der Waals surface area (Å²) in [5, 5.41) is 2.80. The fourth-order valence-electron chi connectivity index (χ4n) is 2.91. The third kappa shape index (κ3) is 3.93. The number of pyridine rings is 1. The number of amides is 1. The highest BCUT2D eigenvalue weighted by Gasteiger charge is 2.26. The van der Waals surface area contributed by atoms with Gasteiger partial charge in [-0.15, -0.1) is 0 Å². The van der Waals surface area contributed by atoms with E-state index in [1.807, 2.05) is 0 Å². The molecule has 26 heavy (non-hydrogen) atoms. The third-order valence-corrected chi connectivity index (χ3v) is 4.16. The Bertz CT molecular complexity index is 879. The average Bonchev–Trinajstić information content (AvgIpc) is 2.64. The van der Waals surface area contributed by atoms with Gasteiger partial charge >= 0.3 is 0 Å². The van der Waals surface area contributed by atoms with Gasteiger partial charge in [0.1, 0.15) is 17.3 Å². The molecule has 0 aliphatic heterocycles. The van der Waals surface area contributed by atoms with Gasteiger partial charge < -0.3 is 11.1 Å². The van der Waals surface area contributed by atoms with Gasteiger partial charge in [-0.05, 0) is 37.5 Å². The minimum atomic E-state index is -0.537. The van der Waals surface area contributed by atoms with Crippen LogP contribution in [0.2, 0.25) is 0 Å². The Morgan fingerprint density at radius 3 is 2.85 bits per heavy atom. The highest BCUT2D eigenvalue weighted by atomic mass is 19.1. The lowest BCUT2D eigenvalue weighted by Crippen LogP contribution is -2.41. The molecular formula is C19H18F2N4O. The molecule has 0 radical (unpaired) electrons. The highest BCUT2D eigenvalue weighted by molar-refractivity contribution is 6.04. The van der Waals surface area contributed by atoms with Crippen LogP contribution in [0.15, 0.2) is 59.4 Å². The molecule has 1 atom stereocenters. The van der Waals surface area contributed by atoms with Crippen molar-refractivity contribution in [2.75, 3.05) is 0 Å². The van der Waals surface area contributed by atoms with E-state index in [1.165, 1.54) is 24.5 Å². The van der Waals surface area contributed by atoms with Crippen molar-refractivity contribution in [3.63, 3.8) is 0 Å². The maximum absolute atomic E-state index is 13.9. The number of rotatable bonds is 3. The van der Waals surface area contributed by atoms with Gasteiger partial charge in [-0.25, -0.2) is 13.8 Å². The normalized spacial score (nSPS) is 20.3. The second-order valence-corrected chi connectivity index (χ2v) is 5.91. The third-order valence-electron chi connectivity index (χ3n) is 4.16. The molecule has 1 unspecified atom stereocenters. The van der Waals surface area contributed by atoms with Gasteiger partial charge in [0, 0.05) is 29.7 Å². The van der Waals surface area contributed by atoms with E-state index in [1.54, 1.807) is 18.2 Å². The number of halogens is 2. The van der Waals surface area contributed by atoms with Gasteiger partial charge in [-0.2, -0.15) is 0 Å². The number of hydrogen-bond acceptors (Lipinski definition) is 4. The number of nitrogens with zero attached hydrogens (tertiary/aromatic N) is 2. The minimum Gasteiger partial charge on any atom is -0.404 e. The lowest BCUT2D eigenvalue weighted by molar-refractivity contribution is 0.0935. The Kier molecular flexibility index (Phi) is 5.36. The first-order valence-electron chi connectivity index (χ1n) is 8.25. The first kappa shape index (κ1) is 17.7. The second-order valence-electron chi connectivity index (χ2n) is 5.91. The number of carbonyl (C=O) groups excluding carboxylic acids is 1. The van der Waals surface area contributed by atoms with E-state index in [2.05, 4.69) is 15.3 Å². The van der Waals surface area contributed by atoms with E-state index in [4.69, 9.17) is 5.73 Å². The maximum Gasteiger partial charge on any atom is 0.270 e. The van der Waals surface area contributed by atoms with Crippen LogP contribution in [0.4, 0.5) is 14.5 Å². The van der Waals surface area contributed by atoms with Gasteiger partial charge in [-0.3, -0.25) is 9.78 Å². The molecule has 0 spiro atoms. The molecule has 0 saturated heterocycles. The van der Waals surface area contributed by atoms with Crippen molar-refractivity contribution >= 4 is 17.3 Å². The molecule has 134 valence electrons. The zero-order valence-electron chi connectivity index (χ0n) is 14.0. The summed E-state index contributed by atoms with van der Waals surface area (Å²) >= 11 is 0. The first-order chi connectivity index (χ1) is 12.6. The van der Waals surface area contributed by atoms with Gasteiger partial charge in [0.2, 0.25) is 0 Å². The predicted molar refractivity (Wildman–Crippen MR) is 95.1 cm³/mol. The fraction of sp³-hybridized carbons (Fsp3) is 0.211. The monoisotopic (exact) mass is 356 g/mol. The molecule has 1 saturated carbocycles. The van der Waals surface area contributed by atoms with Crippen molar-refractivity contribution in [3.8, 4) is 0 Å². The number of nitrogens with one attached hydrogen (secondary N) is 1. The minimum absolute atomic E-state index is 0.0143. The number of aromatic nitrogens is 1. The molecule has 3 N–H and O–H groups in total. The van der Waals surface area contributed by atoms with Crippen LogP contribution in [0.5, 0.6) is 0 Å². The zero-order valence-corrected chi connectivity index (χ0v) is 14.0. The molecule has 7 heteroatoms. The van der Waals surface area contributed by atoms with E-state index >= 15 is 0 Å². The number of carbonyl (C=O) groups is 1. The Morgan fingerprint density at radius 1 is 1.31 bits per heavy atom. The number of aliphatic imine (C=N–C) groups is 1. The molecule has 1 aliphatic carbocycles. The zero-order chi connectivity index (χ0) is 18.5. The predicted octanol–water partition coefficient (Wildman–Crippen LogP) is 3.26. The van der Waals surface area contributed by atoms with E-state index in [0.717, 1.165) is 12.5 Å². The summed E-state index contributed by atoms with van der Waals surface area (Å²) in [6.07, 6.45) is 4.65. The largest absolute Gasteiger partial charge is 0.404 e. The summed E-state index contributed by atoms with van der Waals surface area (Å²) in [5.74, 6) is -1.46. The quantitative estimate of drug-likeness (QED) is 0.886. The van der Waals surface area contributed by atoms with Crippen molar-refractivity contribution < 1.29 is 13.6 Å². The molecule has 2 aromatic rings. The molecule has 1 amide bonds. The molecule has 5 nitrogen and oxygen atoms in total. The number of nitrogens with two attached hydrogens (primary N) is 1. The van der Waals surface area contributed by atoms with Crippen LogP contribution in [0.25, 0.3) is 0 Å². The summed E-state index contributed by atoms with van der Waals surface area (Å²) < 4.78 is 27.2. The summed E-state index contributed by atoms with van der Waals surface area (Å²) in [5.41, 5.74) is 7.21. The number of hydrogen-bond donors (Lipinski definition) is 2. The Morgan fingerprint density at radius 2 is 2.12 bits per heavy atom. The van der Waals surface area contributed by atoms with Crippen LogP contribution in [-0.2, 0) is 0 Å². The van der Waals surface area contributed by atoms with E-state index in [-0.39, 0.29) is 11.4 Å². The number of para-hydroxylation sites is 1. The molecule has 1 aliphatic rings. The lowest BCUT2D eigenvalue weighted by Gasteiger charge is -2.27. The molecule has 3 rings (SSSR count). The SMILES string of the molecule is NC=C1C(=Nc2ccccc2F)CCCC1NC(=O)c1cc(F)ccn1.